The Hall–Kier alpha value is -1.41. The van der Waals surface area contributed by atoms with Gasteiger partial charge in [-0.25, -0.2) is 0 Å². The molecule has 2 heteroatoms. The maximum Gasteiger partial charge on any atom is 0.126 e. The van der Waals surface area contributed by atoms with E-state index < -0.39 is 0 Å². The molecule has 0 fully saturated rings. The highest BCUT2D eigenvalue weighted by atomic mass is 32.2. The number of hydrogen-bond donors (Lipinski definition) is 0. The second-order valence-corrected chi connectivity index (χ2v) is 4.31. The molecule has 0 aliphatic carbocycles. The first kappa shape index (κ1) is 11.1. The van der Waals surface area contributed by atoms with E-state index in [1.165, 1.54) is 10.5 Å². The first-order valence-corrected chi connectivity index (χ1v) is 6.35. The van der Waals surface area contributed by atoms with Gasteiger partial charge < -0.3 is 4.74 Å². The smallest absolute Gasteiger partial charge is 0.126 e. The minimum Gasteiger partial charge on any atom is -0.496 e. The zero-order chi connectivity index (χ0) is 11.4. The SMILES string of the molecule is COc1ccc(SC)cc1-c1ccccc1. The van der Waals surface area contributed by atoms with Crippen molar-refractivity contribution in [3.8, 4) is 16.9 Å². The lowest BCUT2D eigenvalue weighted by Gasteiger charge is -2.10. The molecular weight excluding hydrogens is 216 g/mol. The normalized spacial score (nSPS) is 10.1. The molecule has 0 spiro atoms. The van der Waals surface area contributed by atoms with Crippen LogP contribution in [0.5, 0.6) is 5.75 Å². The molecule has 16 heavy (non-hydrogen) atoms. The highest BCUT2D eigenvalue weighted by molar-refractivity contribution is 7.98. The van der Waals surface area contributed by atoms with Gasteiger partial charge >= 0.3 is 0 Å². The summed E-state index contributed by atoms with van der Waals surface area (Å²) in [4.78, 5) is 1.25. The van der Waals surface area contributed by atoms with Gasteiger partial charge in [-0.05, 0) is 30.0 Å². The Labute approximate surface area is 100 Å². The standard InChI is InChI=1S/C14H14OS/c1-15-14-9-8-12(16-2)10-13(14)11-6-4-3-5-7-11/h3-10H,1-2H3. The summed E-state index contributed by atoms with van der Waals surface area (Å²) < 4.78 is 5.39. The summed E-state index contributed by atoms with van der Waals surface area (Å²) in [6.45, 7) is 0. The highest BCUT2D eigenvalue weighted by Crippen LogP contribution is 2.33. The van der Waals surface area contributed by atoms with Gasteiger partial charge in [-0.1, -0.05) is 30.3 Å². The molecule has 2 aromatic carbocycles. The van der Waals surface area contributed by atoms with Crippen molar-refractivity contribution >= 4 is 11.8 Å². The van der Waals surface area contributed by atoms with Crippen LogP contribution in [0.1, 0.15) is 0 Å². The van der Waals surface area contributed by atoms with Crippen molar-refractivity contribution in [2.24, 2.45) is 0 Å². The van der Waals surface area contributed by atoms with Crippen molar-refractivity contribution in [1.29, 1.82) is 0 Å². The van der Waals surface area contributed by atoms with Crippen LogP contribution in [0.2, 0.25) is 0 Å². The van der Waals surface area contributed by atoms with Crippen molar-refractivity contribution in [2.75, 3.05) is 13.4 Å². The van der Waals surface area contributed by atoms with Crippen LogP contribution in [0.3, 0.4) is 0 Å². The largest absolute Gasteiger partial charge is 0.496 e. The van der Waals surface area contributed by atoms with Gasteiger partial charge in [0.05, 0.1) is 7.11 Å². The van der Waals surface area contributed by atoms with Crippen LogP contribution in [0, 0.1) is 0 Å². The third-order valence-electron chi connectivity index (χ3n) is 2.49. The van der Waals surface area contributed by atoms with Gasteiger partial charge in [-0.3, -0.25) is 0 Å². The molecule has 0 saturated carbocycles. The van der Waals surface area contributed by atoms with Crippen LogP contribution in [0.4, 0.5) is 0 Å². The number of methoxy groups -OCH3 is 1. The van der Waals surface area contributed by atoms with E-state index in [1.807, 2.05) is 24.3 Å². The Kier molecular flexibility index (Phi) is 3.52. The molecule has 2 rings (SSSR count). The van der Waals surface area contributed by atoms with E-state index in [1.54, 1.807) is 18.9 Å². The van der Waals surface area contributed by atoms with E-state index in [2.05, 4.69) is 30.5 Å². The van der Waals surface area contributed by atoms with Gasteiger partial charge in [0.1, 0.15) is 5.75 Å². The summed E-state index contributed by atoms with van der Waals surface area (Å²) in [6, 6.07) is 16.6. The van der Waals surface area contributed by atoms with Crippen molar-refractivity contribution in [3.05, 3.63) is 48.5 Å². The van der Waals surface area contributed by atoms with E-state index in [-0.39, 0.29) is 0 Å². The first-order valence-electron chi connectivity index (χ1n) is 5.12. The fourth-order valence-electron chi connectivity index (χ4n) is 1.66. The van der Waals surface area contributed by atoms with Gasteiger partial charge in [-0.2, -0.15) is 0 Å². The van der Waals surface area contributed by atoms with Gasteiger partial charge in [0.25, 0.3) is 0 Å². The van der Waals surface area contributed by atoms with Crippen molar-refractivity contribution in [2.45, 2.75) is 4.90 Å². The molecule has 0 aliphatic heterocycles. The molecule has 82 valence electrons. The third-order valence-corrected chi connectivity index (χ3v) is 3.22. The monoisotopic (exact) mass is 230 g/mol. The van der Waals surface area contributed by atoms with E-state index in [4.69, 9.17) is 4.74 Å². The topological polar surface area (TPSA) is 9.23 Å². The van der Waals surface area contributed by atoms with E-state index in [9.17, 15) is 0 Å². The number of thioether (sulfide) groups is 1. The van der Waals surface area contributed by atoms with Crippen molar-refractivity contribution < 1.29 is 4.74 Å². The molecular formula is C14H14OS. The quantitative estimate of drug-likeness (QED) is 0.735. The Balaban J connectivity index is 2.53. The minimum absolute atomic E-state index is 0.920. The molecule has 2 aromatic rings. The molecule has 0 atom stereocenters. The van der Waals surface area contributed by atoms with E-state index in [0.717, 1.165) is 11.3 Å². The zero-order valence-corrected chi connectivity index (χ0v) is 10.3. The number of ether oxygens (including phenoxy) is 1. The molecule has 0 aromatic heterocycles. The molecule has 0 radical (unpaired) electrons. The fraction of sp³-hybridized carbons (Fsp3) is 0.143. The molecule has 0 unspecified atom stereocenters. The number of hydrogen-bond acceptors (Lipinski definition) is 2. The Morgan fingerprint density at radius 2 is 1.75 bits per heavy atom. The molecule has 0 heterocycles. The average molecular weight is 230 g/mol. The Morgan fingerprint density at radius 3 is 2.38 bits per heavy atom. The fourth-order valence-corrected chi connectivity index (χ4v) is 2.10. The van der Waals surface area contributed by atoms with Crippen LogP contribution in [-0.4, -0.2) is 13.4 Å². The molecule has 0 N–H and O–H groups in total. The summed E-state index contributed by atoms with van der Waals surface area (Å²) in [5.41, 5.74) is 2.34. The highest BCUT2D eigenvalue weighted by Gasteiger charge is 2.05. The van der Waals surface area contributed by atoms with Gasteiger partial charge in [0.15, 0.2) is 0 Å². The lowest BCUT2D eigenvalue weighted by Crippen LogP contribution is -1.88. The van der Waals surface area contributed by atoms with Crippen LogP contribution in [-0.2, 0) is 0 Å². The number of benzene rings is 2. The average Bonchev–Trinajstić information content (AvgIpc) is 2.39. The third kappa shape index (κ3) is 2.22. The second-order valence-electron chi connectivity index (χ2n) is 3.43. The summed E-state index contributed by atoms with van der Waals surface area (Å²) >= 11 is 1.74. The summed E-state index contributed by atoms with van der Waals surface area (Å²) in [7, 11) is 1.71. The van der Waals surface area contributed by atoms with Gasteiger partial charge in [0.2, 0.25) is 0 Å². The lowest BCUT2D eigenvalue weighted by atomic mass is 10.1. The van der Waals surface area contributed by atoms with Crippen LogP contribution in [0.25, 0.3) is 11.1 Å². The van der Waals surface area contributed by atoms with Crippen LogP contribution in [0.15, 0.2) is 53.4 Å². The Bertz CT molecular complexity index is 465. The summed E-state index contributed by atoms with van der Waals surface area (Å²) in [5.74, 6) is 0.920. The molecule has 1 nitrogen and oxygen atoms in total. The zero-order valence-electron chi connectivity index (χ0n) is 9.44. The molecule has 0 bridgehead atoms. The van der Waals surface area contributed by atoms with Crippen LogP contribution >= 0.6 is 11.8 Å². The van der Waals surface area contributed by atoms with Gasteiger partial charge in [-0.15, -0.1) is 11.8 Å². The van der Waals surface area contributed by atoms with Gasteiger partial charge in [0, 0.05) is 10.5 Å². The lowest BCUT2D eigenvalue weighted by molar-refractivity contribution is 0.416. The second kappa shape index (κ2) is 5.08. The summed E-state index contributed by atoms with van der Waals surface area (Å²) in [5, 5.41) is 0. The maximum absolute atomic E-state index is 5.39. The first-order chi connectivity index (χ1) is 7.85. The van der Waals surface area contributed by atoms with Crippen molar-refractivity contribution in [3.63, 3.8) is 0 Å². The maximum atomic E-state index is 5.39. The van der Waals surface area contributed by atoms with E-state index >= 15 is 0 Å². The predicted molar refractivity (Wildman–Crippen MR) is 70.2 cm³/mol. The minimum atomic E-state index is 0.920. The van der Waals surface area contributed by atoms with Crippen molar-refractivity contribution in [1.82, 2.24) is 0 Å². The van der Waals surface area contributed by atoms with E-state index in [0.29, 0.717) is 0 Å². The molecule has 0 amide bonds. The Morgan fingerprint density at radius 1 is 1.00 bits per heavy atom. The molecule has 0 saturated heterocycles. The predicted octanol–water partition coefficient (Wildman–Crippen LogP) is 4.08. The summed E-state index contributed by atoms with van der Waals surface area (Å²) in [6.07, 6.45) is 2.08. The molecule has 0 aliphatic rings. The number of rotatable bonds is 3. The van der Waals surface area contributed by atoms with Crippen LogP contribution < -0.4 is 4.74 Å².